The van der Waals surface area contributed by atoms with Crippen molar-refractivity contribution < 1.29 is 9.94 Å². The highest BCUT2D eigenvalue weighted by Gasteiger charge is 2.08. The van der Waals surface area contributed by atoms with Gasteiger partial charge in [-0.25, -0.2) is 0 Å². The Bertz CT molecular complexity index is 221. The summed E-state index contributed by atoms with van der Waals surface area (Å²) < 4.78 is 0. The number of nitrogens with one attached hydrogen (secondary N) is 1. The van der Waals surface area contributed by atoms with E-state index in [4.69, 9.17) is 9.94 Å². The first-order valence-electron chi connectivity index (χ1n) is 5.18. The number of unbranched alkanes of at least 4 members (excludes halogenated alkanes) is 2. The summed E-state index contributed by atoms with van der Waals surface area (Å²) in [5, 5.41) is 8.64. The van der Waals surface area contributed by atoms with E-state index < -0.39 is 0 Å². The second-order valence-electron chi connectivity index (χ2n) is 3.42. The third-order valence-corrected chi connectivity index (χ3v) is 2.35. The van der Waals surface area contributed by atoms with Crippen LogP contribution in [0.15, 0.2) is 23.4 Å². The van der Waals surface area contributed by atoms with Crippen LogP contribution in [0.1, 0.15) is 32.1 Å². The van der Waals surface area contributed by atoms with Gasteiger partial charge >= 0.3 is 0 Å². The number of rotatable bonds is 7. The van der Waals surface area contributed by atoms with Crippen LogP contribution in [0, 0.1) is 0 Å². The smallest absolute Gasteiger partial charge is 0.0636 e. The first kappa shape index (κ1) is 11.3. The van der Waals surface area contributed by atoms with Gasteiger partial charge in [0.25, 0.3) is 0 Å². The normalized spacial score (nSPS) is 15.3. The quantitative estimate of drug-likeness (QED) is 0.484. The van der Waals surface area contributed by atoms with Crippen molar-refractivity contribution in [3.63, 3.8) is 0 Å². The Hall–Kier alpha value is -0.800. The number of hydrogen-bond acceptors (Lipinski definition) is 3. The van der Waals surface area contributed by atoms with Crippen LogP contribution in [0.5, 0.6) is 0 Å². The molecular weight excluding hydrogens is 178 g/mol. The summed E-state index contributed by atoms with van der Waals surface area (Å²) in [4.78, 5) is 4.88. The zero-order valence-corrected chi connectivity index (χ0v) is 8.75. The van der Waals surface area contributed by atoms with Gasteiger partial charge < -0.3 is 5.11 Å². The second kappa shape index (κ2) is 6.62. The summed E-state index contributed by atoms with van der Waals surface area (Å²) in [7, 11) is 1.63. The summed E-state index contributed by atoms with van der Waals surface area (Å²) in [5.41, 5.74) is 5.32. The van der Waals surface area contributed by atoms with Crippen LogP contribution >= 0.6 is 0 Å². The fourth-order valence-electron chi connectivity index (χ4n) is 1.62. The predicted octanol–water partition coefficient (Wildman–Crippen LogP) is 1.90. The highest BCUT2D eigenvalue weighted by molar-refractivity contribution is 5.34. The fraction of sp³-hybridized carbons (Fsp3) is 0.636. The van der Waals surface area contributed by atoms with E-state index in [9.17, 15) is 0 Å². The standard InChI is InChI=1S/C11H19NO2/c1-14-12-11-8-5-7-10(11)6-3-2-4-9-13/h7-8,12-13H,2-6,9H2,1H3. The van der Waals surface area contributed by atoms with E-state index in [0.29, 0.717) is 6.61 Å². The molecule has 0 atom stereocenters. The molecule has 0 aromatic carbocycles. The minimum Gasteiger partial charge on any atom is -0.396 e. The van der Waals surface area contributed by atoms with Gasteiger partial charge in [0, 0.05) is 6.61 Å². The molecule has 0 aliphatic heterocycles. The predicted molar refractivity (Wildman–Crippen MR) is 56.5 cm³/mol. The van der Waals surface area contributed by atoms with Gasteiger partial charge in [0.2, 0.25) is 0 Å². The lowest BCUT2D eigenvalue weighted by molar-refractivity contribution is 0.119. The lowest BCUT2D eigenvalue weighted by Gasteiger charge is -2.09. The van der Waals surface area contributed by atoms with Crippen LogP contribution in [-0.4, -0.2) is 18.8 Å². The zero-order valence-electron chi connectivity index (χ0n) is 8.75. The van der Waals surface area contributed by atoms with E-state index in [1.165, 1.54) is 5.57 Å². The maximum Gasteiger partial charge on any atom is 0.0636 e. The van der Waals surface area contributed by atoms with E-state index >= 15 is 0 Å². The summed E-state index contributed by atoms with van der Waals surface area (Å²) in [6.45, 7) is 0.304. The van der Waals surface area contributed by atoms with Crippen LogP contribution in [0.4, 0.5) is 0 Å². The molecule has 3 nitrogen and oxygen atoms in total. The molecule has 0 aromatic heterocycles. The van der Waals surface area contributed by atoms with Gasteiger partial charge in [-0.15, -0.1) is 0 Å². The van der Waals surface area contributed by atoms with E-state index in [-0.39, 0.29) is 0 Å². The summed E-state index contributed by atoms with van der Waals surface area (Å²) in [6.07, 6.45) is 9.56. The van der Waals surface area contributed by atoms with Crippen LogP contribution < -0.4 is 5.48 Å². The van der Waals surface area contributed by atoms with Crippen LogP contribution in [-0.2, 0) is 4.84 Å². The number of aliphatic hydroxyl groups excluding tert-OH is 1. The molecule has 0 fully saturated rings. The number of aliphatic hydroxyl groups is 1. The molecule has 0 unspecified atom stereocenters. The molecule has 1 aliphatic carbocycles. The molecular formula is C11H19NO2. The Morgan fingerprint density at radius 2 is 2.21 bits per heavy atom. The maximum atomic E-state index is 8.64. The van der Waals surface area contributed by atoms with E-state index in [2.05, 4.69) is 17.6 Å². The summed E-state index contributed by atoms with van der Waals surface area (Å²) >= 11 is 0. The van der Waals surface area contributed by atoms with Crippen molar-refractivity contribution in [1.29, 1.82) is 0 Å². The molecule has 1 aliphatic rings. The van der Waals surface area contributed by atoms with E-state index in [0.717, 1.165) is 37.8 Å². The molecule has 3 heteroatoms. The topological polar surface area (TPSA) is 41.5 Å². The molecule has 0 bridgehead atoms. The average molecular weight is 197 g/mol. The Morgan fingerprint density at radius 1 is 1.36 bits per heavy atom. The second-order valence-corrected chi connectivity index (χ2v) is 3.42. The van der Waals surface area contributed by atoms with E-state index in [1.807, 2.05) is 0 Å². The minimum atomic E-state index is 0.304. The Morgan fingerprint density at radius 3 is 2.93 bits per heavy atom. The largest absolute Gasteiger partial charge is 0.396 e. The molecule has 0 saturated carbocycles. The molecule has 80 valence electrons. The molecule has 0 amide bonds. The molecule has 0 spiro atoms. The molecule has 0 aromatic rings. The van der Waals surface area contributed by atoms with Crippen molar-refractivity contribution in [2.75, 3.05) is 13.7 Å². The third-order valence-electron chi connectivity index (χ3n) is 2.35. The van der Waals surface area contributed by atoms with Crippen molar-refractivity contribution >= 4 is 0 Å². The number of hydrogen-bond donors (Lipinski definition) is 2. The Kier molecular flexibility index (Phi) is 5.33. The monoisotopic (exact) mass is 197 g/mol. The van der Waals surface area contributed by atoms with Gasteiger partial charge in [-0.3, -0.25) is 10.3 Å². The molecule has 2 N–H and O–H groups in total. The number of allylic oxidation sites excluding steroid dienone is 3. The van der Waals surface area contributed by atoms with Crippen molar-refractivity contribution in [2.24, 2.45) is 0 Å². The molecule has 0 saturated heterocycles. The van der Waals surface area contributed by atoms with Crippen LogP contribution in [0.3, 0.4) is 0 Å². The summed E-state index contributed by atoms with van der Waals surface area (Å²) in [6, 6.07) is 0. The van der Waals surface area contributed by atoms with Crippen molar-refractivity contribution in [3.8, 4) is 0 Å². The first-order valence-corrected chi connectivity index (χ1v) is 5.18. The van der Waals surface area contributed by atoms with Crippen molar-refractivity contribution in [2.45, 2.75) is 32.1 Å². The van der Waals surface area contributed by atoms with Crippen LogP contribution in [0.2, 0.25) is 0 Å². The molecule has 0 radical (unpaired) electrons. The van der Waals surface area contributed by atoms with Gasteiger partial charge in [-0.2, -0.15) is 0 Å². The van der Waals surface area contributed by atoms with Gasteiger partial charge in [-0.05, 0) is 31.3 Å². The zero-order chi connectivity index (χ0) is 10.2. The lowest BCUT2D eigenvalue weighted by Crippen LogP contribution is -2.11. The highest BCUT2D eigenvalue weighted by atomic mass is 16.6. The van der Waals surface area contributed by atoms with Crippen LogP contribution in [0.25, 0.3) is 0 Å². The summed E-state index contributed by atoms with van der Waals surface area (Å²) in [5.74, 6) is 0. The number of hydroxylamine groups is 1. The van der Waals surface area contributed by atoms with Gasteiger partial charge in [0.1, 0.15) is 0 Å². The maximum absolute atomic E-state index is 8.64. The highest BCUT2D eigenvalue weighted by Crippen LogP contribution is 2.22. The lowest BCUT2D eigenvalue weighted by atomic mass is 10.1. The molecule has 0 heterocycles. The first-order chi connectivity index (χ1) is 6.88. The van der Waals surface area contributed by atoms with Crippen molar-refractivity contribution in [1.82, 2.24) is 5.48 Å². The minimum absolute atomic E-state index is 0.304. The Balaban J connectivity index is 2.20. The van der Waals surface area contributed by atoms with Gasteiger partial charge in [0.05, 0.1) is 12.8 Å². The Labute approximate surface area is 85.4 Å². The molecule has 1 rings (SSSR count). The average Bonchev–Trinajstić information content (AvgIpc) is 2.61. The van der Waals surface area contributed by atoms with Gasteiger partial charge in [-0.1, -0.05) is 18.6 Å². The molecule has 14 heavy (non-hydrogen) atoms. The van der Waals surface area contributed by atoms with Gasteiger partial charge in [0.15, 0.2) is 0 Å². The fourth-order valence-corrected chi connectivity index (χ4v) is 1.62. The SMILES string of the molecule is CONC1=CCC=C1CCCCCO. The van der Waals surface area contributed by atoms with Crippen molar-refractivity contribution in [3.05, 3.63) is 23.4 Å². The van der Waals surface area contributed by atoms with E-state index in [1.54, 1.807) is 7.11 Å². The third kappa shape index (κ3) is 3.52.